The lowest BCUT2D eigenvalue weighted by atomic mass is 10.2. The predicted molar refractivity (Wildman–Crippen MR) is 85.6 cm³/mol. The smallest absolute Gasteiger partial charge is 0.311 e. The molecule has 0 aliphatic heterocycles. The summed E-state index contributed by atoms with van der Waals surface area (Å²) in [6.45, 7) is 8.86. The van der Waals surface area contributed by atoms with E-state index in [4.69, 9.17) is 4.74 Å². The van der Waals surface area contributed by atoms with E-state index < -0.39 is 11.9 Å². The molecule has 0 spiro atoms. The average Bonchev–Trinajstić information content (AvgIpc) is 2.50. The van der Waals surface area contributed by atoms with Crippen LogP contribution in [-0.4, -0.2) is 34.7 Å². The lowest BCUT2D eigenvalue weighted by Crippen LogP contribution is -2.12. The zero-order chi connectivity index (χ0) is 15.8. The Hall–Kier alpha value is -1.60. The monoisotopic (exact) mass is 334 g/mol. The minimum absolute atomic E-state index is 0. The van der Waals surface area contributed by atoms with E-state index >= 15 is 0 Å². The molecule has 0 unspecified atom stereocenters. The number of fused-ring (bicyclic) bond motifs is 1. The Morgan fingerprint density at radius 2 is 1.91 bits per heavy atom. The van der Waals surface area contributed by atoms with Crippen LogP contribution >= 0.6 is 12.4 Å². The Bertz CT molecular complexity index is 599. The summed E-state index contributed by atoms with van der Waals surface area (Å²) in [6.07, 6.45) is 0.451. The van der Waals surface area contributed by atoms with Gasteiger partial charge in [-0.3, -0.25) is 4.98 Å². The second-order valence-electron chi connectivity index (χ2n) is 3.88. The predicted octanol–water partition coefficient (Wildman–Crippen LogP) is 3.51. The average molecular weight is 335 g/mol. The van der Waals surface area contributed by atoms with Gasteiger partial charge in [-0.25, -0.2) is 4.39 Å². The van der Waals surface area contributed by atoms with E-state index in [0.29, 0.717) is 25.1 Å². The number of hydrogen-bond acceptors (Lipinski definition) is 5. The maximum Gasteiger partial charge on any atom is 0.311 e. The van der Waals surface area contributed by atoms with Crippen molar-refractivity contribution >= 4 is 29.1 Å². The van der Waals surface area contributed by atoms with Crippen molar-refractivity contribution in [1.82, 2.24) is 15.0 Å². The van der Waals surface area contributed by atoms with Crippen LogP contribution in [0.15, 0.2) is 6.20 Å². The molecule has 8 heteroatoms. The summed E-state index contributed by atoms with van der Waals surface area (Å²) in [5.74, 6) is -0.416. The molecule has 0 saturated heterocycles. The quantitative estimate of drug-likeness (QED) is 0.669. The minimum Gasteiger partial charge on any atom is -0.380 e. The Morgan fingerprint density at radius 1 is 1.23 bits per heavy atom. The number of anilines is 1. The molecule has 0 fully saturated rings. The van der Waals surface area contributed by atoms with Crippen LogP contribution in [0.4, 0.5) is 14.6 Å². The fourth-order valence-electron chi connectivity index (χ4n) is 1.64. The first kappa shape index (κ1) is 20.4. The fraction of sp³-hybridized carbons (Fsp3) is 0.500. The molecular weight excluding hydrogens is 314 g/mol. The van der Waals surface area contributed by atoms with E-state index in [1.165, 1.54) is 13.1 Å². The van der Waals surface area contributed by atoms with Gasteiger partial charge in [0.2, 0.25) is 0 Å². The minimum atomic E-state index is -0.976. The maximum atomic E-state index is 13.8. The number of pyridine rings is 1. The second-order valence-corrected chi connectivity index (χ2v) is 3.88. The first-order valence-electron chi connectivity index (χ1n) is 6.93. The number of ether oxygens (including phenoxy) is 1. The highest BCUT2D eigenvalue weighted by Gasteiger charge is 2.13. The van der Waals surface area contributed by atoms with Crippen LogP contribution in [0.2, 0.25) is 0 Å². The molecule has 2 heterocycles. The number of nitrogens with one attached hydrogen (secondary N) is 1. The van der Waals surface area contributed by atoms with E-state index in [1.54, 1.807) is 0 Å². The van der Waals surface area contributed by atoms with Gasteiger partial charge in [-0.1, -0.05) is 13.8 Å². The lowest BCUT2D eigenvalue weighted by molar-refractivity contribution is 0.158. The molecule has 1 N–H and O–H groups in total. The van der Waals surface area contributed by atoms with Crippen LogP contribution in [0.25, 0.3) is 10.9 Å². The molecule has 0 amide bonds. The molecule has 2 rings (SSSR count). The Labute approximate surface area is 134 Å². The van der Waals surface area contributed by atoms with E-state index in [1.807, 2.05) is 20.8 Å². The summed E-state index contributed by atoms with van der Waals surface area (Å²) in [4.78, 5) is 11.0. The molecule has 0 aliphatic rings. The molecule has 0 radical (unpaired) electrons. The number of hydrogen-bond donors (Lipinski definition) is 1. The summed E-state index contributed by atoms with van der Waals surface area (Å²) >= 11 is 0. The molecule has 2 aromatic heterocycles. The van der Waals surface area contributed by atoms with E-state index in [0.717, 1.165) is 0 Å². The molecular formula is C14H21ClF2N4O. The van der Waals surface area contributed by atoms with Crippen molar-refractivity contribution in [2.75, 3.05) is 25.1 Å². The number of aryl methyl sites for hydroxylation is 1. The highest BCUT2D eigenvalue weighted by Crippen LogP contribution is 2.22. The summed E-state index contributed by atoms with van der Waals surface area (Å²) in [5.41, 5.74) is 0.102. The zero-order valence-corrected chi connectivity index (χ0v) is 13.9. The topological polar surface area (TPSA) is 59.9 Å². The van der Waals surface area contributed by atoms with Crippen molar-refractivity contribution < 1.29 is 13.5 Å². The Balaban J connectivity index is 0.00000141. The zero-order valence-electron chi connectivity index (χ0n) is 13.1. The van der Waals surface area contributed by atoms with Gasteiger partial charge in [0.15, 0.2) is 5.82 Å². The Morgan fingerprint density at radius 3 is 2.55 bits per heavy atom. The third-order valence-electron chi connectivity index (χ3n) is 2.57. The van der Waals surface area contributed by atoms with Crippen molar-refractivity contribution in [3.8, 4) is 0 Å². The molecule has 124 valence electrons. The van der Waals surface area contributed by atoms with Gasteiger partial charge >= 0.3 is 6.08 Å². The third kappa shape index (κ3) is 4.99. The van der Waals surface area contributed by atoms with Gasteiger partial charge < -0.3 is 10.1 Å². The number of rotatable bonds is 5. The van der Waals surface area contributed by atoms with E-state index in [-0.39, 0.29) is 29.4 Å². The molecule has 0 atom stereocenters. The van der Waals surface area contributed by atoms with Gasteiger partial charge in [0.05, 0.1) is 17.7 Å². The molecule has 0 saturated carbocycles. The van der Waals surface area contributed by atoms with Crippen molar-refractivity contribution in [3.05, 3.63) is 23.8 Å². The largest absolute Gasteiger partial charge is 0.380 e. The maximum absolute atomic E-state index is 13.8. The molecule has 0 aromatic carbocycles. The summed E-state index contributed by atoms with van der Waals surface area (Å²) in [6, 6.07) is 0. The molecule has 2 aromatic rings. The van der Waals surface area contributed by atoms with Gasteiger partial charge in [0.1, 0.15) is 11.3 Å². The van der Waals surface area contributed by atoms with Crippen molar-refractivity contribution in [2.45, 2.75) is 27.7 Å². The number of halogens is 3. The van der Waals surface area contributed by atoms with E-state index in [9.17, 15) is 8.78 Å². The van der Waals surface area contributed by atoms with Crippen LogP contribution in [-0.2, 0) is 4.74 Å². The first-order valence-corrected chi connectivity index (χ1v) is 6.93. The summed E-state index contributed by atoms with van der Waals surface area (Å²) in [7, 11) is 0. The molecule has 5 nitrogen and oxygen atoms in total. The molecule has 0 bridgehead atoms. The van der Waals surface area contributed by atoms with E-state index in [2.05, 4.69) is 20.3 Å². The SMILES string of the molecule is CC.CCOCCNc1nc(F)nc2c(F)c(C)ncc12.Cl. The molecule has 22 heavy (non-hydrogen) atoms. The van der Waals surface area contributed by atoms with Crippen LogP contribution in [0.5, 0.6) is 0 Å². The van der Waals surface area contributed by atoms with Gasteiger partial charge in [-0.2, -0.15) is 14.4 Å². The fourth-order valence-corrected chi connectivity index (χ4v) is 1.64. The molecule has 0 aliphatic carbocycles. The third-order valence-corrected chi connectivity index (χ3v) is 2.57. The standard InChI is InChI=1S/C12H14F2N4O.C2H6.ClH/c1-3-19-5-4-15-11-8-6-16-7(2)9(13)10(8)17-12(14)18-11;1-2;/h6H,3-5H2,1-2H3,(H,15,17,18);1-2H3;1H. The highest BCUT2D eigenvalue weighted by atomic mass is 35.5. The first-order chi connectivity index (χ1) is 10.1. The van der Waals surface area contributed by atoms with Crippen LogP contribution in [0.1, 0.15) is 26.5 Å². The Kier molecular flexibility index (Phi) is 9.44. The van der Waals surface area contributed by atoms with Crippen molar-refractivity contribution in [1.29, 1.82) is 0 Å². The number of nitrogens with zero attached hydrogens (tertiary/aromatic N) is 3. The second kappa shape index (κ2) is 10.2. The lowest BCUT2D eigenvalue weighted by Gasteiger charge is -2.09. The highest BCUT2D eigenvalue weighted by molar-refractivity contribution is 5.88. The summed E-state index contributed by atoms with van der Waals surface area (Å²) in [5, 5.41) is 3.24. The summed E-state index contributed by atoms with van der Waals surface area (Å²) < 4.78 is 32.3. The normalized spacial score (nSPS) is 9.73. The van der Waals surface area contributed by atoms with Crippen LogP contribution in [0.3, 0.4) is 0 Å². The van der Waals surface area contributed by atoms with Gasteiger partial charge in [0.25, 0.3) is 0 Å². The number of aromatic nitrogens is 3. The van der Waals surface area contributed by atoms with Crippen LogP contribution < -0.4 is 5.32 Å². The van der Waals surface area contributed by atoms with Crippen LogP contribution in [0, 0.1) is 18.8 Å². The van der Waals surface area contributed by atoms with Crippen molar-refractivity contribution in [3.63, 3.8) is 0 Å². The van der Waals surface area contributed by atoms with Crippen molar-refractivity contribution in [2.24, 2.45) is 0 Å². The van der Waals surface area contributed by atoms with Gasteiger partial charge in [0, 0.05) is 19.3 Å². The van der Waals surface area contributed by atoms with Gasteiger partial charge in [-0.15, -0.1) is 12.4 Å². The van der Waals surface area contributed by atoms with Gasteiger partial charge in [-0.05, 0) is 13.8 Å².